The van der Waals surface area contributed by atoms with E-state index >= 15 is 0 Å². The molecule has 1 saturated heterocycles. The summed E-state index contributed by atoms with van der Waals surface area (Å²) in [6, 6.07) is 18.2. The molecule has 1 N–H and O–H groups in total. The molecule has 0 amide bonds. The van der Waals surface area contributed by atoms with Crippen LogP contribution in [-0.2, 0) is 9.47 Å². The van der Waals surface area contributed by atoms with Gasteiger partial charge in [0.25, 0.3) is 0 Å². The minimum absolute atomic E-state index is 0.0263. The van der Waals surface area contributed by atoms with Crippen molar-refractivity contribution in [2.24, 2.45) is 0 Å². The normalized spacial score (nSPS) is 17.2. The molecule has 154 valence electrons. The van der Waals surface area contributed by atoms with E-state index in [1.165, 1.54) is 0 Å². The van der Waals surface area contributed by atoms with Gasteiger partial charge >= 0.3 is 0 Å². The molecule has 3 heterocycles. The van der Waals surface area contributed by atoms with E-state index in [4.69, 9.17) is 13.9 Å². The van der Waals surface area contributed by atoms with Gasteiger partial charge in [0, 0.05) is 18.6 Å². The zero-order chi connectivity index (χ0) is 20.3. The Hall–Kier alpha value is -2.96. The maximum absolute atomic E-state index is 6.57. The van der Waals surface area contributed by atoms with Gasteiger partial charge in [-0.15, -0.1) is 0 Å². The Balaban J connectivity index is 1.45. The highest BCUT2D eigenvalue weighted by molar-refractivity contribution is 6.05. The lowest BCUT2D eigenvalue weighted by molar-refractivity contribution is -0.0739. The van der Waals surface area contributed by atoms with Crippen LogP contribution in [0.4, 0.5) is 5.82 Å². The van der Waals surface area contributed by atoms with Gasteiger partial charge in [0.1, 0.15) is 23.5 Å². The van der Waals surface area contributed by atoms with Crippen LogP contribution in [0.25, 0.3) is 22.1 Å². The summed E-state index contributed by atoms with van der Waals surface area (Å²) >= 11 is 0. The van der Waals surface area contributed by atoms with Crippen molar-refractivity contribution in [2.45, 2.75) is 38.0 Å². The third-order valence-corrected chi connectivity index (χ3v) is 5.61. The molecule has 4 aromatic rings. The second-order valence-electron chi connectivity index (χ2n) is 7.71. The zero-order valence-electron chi connectivity index (χ0n) is 17.0. The summed E-state index contributed by atoms with van der Waals surface area (Å²) in [7, 11) is 0. The van der Waals surface area contributed by atoms with E-state index in [2.05, 4.69) is 34.3 Å². The number of furan rings is 1. The summed E-state index contributed by atoms with van der Waals surface area (Å²) in [5.41, 5.74) is 3.43. The zero-order valence-corrected chi connectivity index (χ0v) is 17.0. The van der Waals surface area contributed by atoms with Gasteiger partial charge in [-0.1, -0.05) is 42.5 Å². The highest BCUT2D eigenvalue weighted by Crippen LogP contribution is 2.33. The van der Waals surface area contributed by atoms with E-state index < -0.39 is 0 Å². The number of para-hydroxylation sites is 1. The van der Waals surface area contributed by atoms with Crippen LogP contribution < -0.4 is 5.32 Å². The number of benzene rings is 2. The molecule has 6 nitrogen and oxygen atoms in total. The van der Waals surface area contributed by atoms with Crippen LogP contribution in [0.2, 0.25) is 0 Å². The number of ether oxygens (including phenoxy) is 2. The van der Waals surface area contributed by atoms with Crippen molar-refractivity contribution in [1.29, 1.82) is 0 Å². The highest BCUT2D eigenvalue weighted by Gasteiger charge is 2.26. The number of aromatic nitrogens is 2. The fraction of sp³-hybridized carbons (Fsp3) is 0.333. The van der Waals surface area contributed by atoms with Crippen molar-refractivity contribution in [3.8, 4) is 0 Å². The van der Waals surface area contributed by atoms with Crippen LogP contribution in [0, 0.1) is 0 Å². The van der Waals surface area contributed by atoms with Crippen molar-refractivity contribution >= 4 is 27.9 Å². The number of nitrogens with zero attached hydrogens (tertiary/aromatic N) is 2. The molecule has 1 aliphatic heterocycles. The average molecular weight is 403 g/mol. The largest absolute Gasteiger partial charge is 0.450 e. The molecule has 6 heteroatoms. The maximum Gasteiger partial charge on any atom is 0.196 e. The SMILES string of the molecule is CC(Nc1ncnc2c1oc1ccccc12)C(OC1CCOCC1)c1ccccc1. The van der Waals surface area contributed by atoms with E-state index in [-0.39, 0.29) is 18.2 Å². The average Bonchev–Trinajstić information content (AvgIpc) is 3.18. The van der Waals surface area contributed by atoms with Gasteiger partial charge in [-0.2, -0.15) is 0 Å². The van der Waals surface area contributed by atoms with E-state index in [9.17, 15) is 0 Å². The monoisotopic (exact) mass is 403 g/mol. The molecule has 1 aliphatic rings. The topological polar surface area (TPSA) is 69.4 Å². The van der Waals surface area contributed by atoms with Crippen LogP contribution in [0.5, 0.6) is 0 Å². The first kappa shape index (κ1) is 19.0. The van der Waals surface area contributed by atoms with E-state index in [1.54, 1.807) is 6.33 Å². The van der Waals surface area contributed by atoms with Crippen LogP contribution in [0.3, 0.4) is 0 Å². The molecule has 0 spiro atoms. The smallest absolute Gasteiger partial charge is 0.196 e. The third-order valence-electron chi connectivity index (χ3n) is 5.61. The number of hydrogen-bond acceptors (Lipinski definition) is 6. The quantitative estimate of drug-likeness (QED) is 0.482. The minimum Gasteiger partial charge on any atom is -0.450 e. The lowest BCUT2D eigenvalue weighted by Crippen LogP contribution is -2.32. The fourth-order valence-corrected chi connectivity index (χ4v) is 4.06. The predicted molar refractivity (Wildman–Crippen MR) is 117 cm³/mol. The highest BCUT2D eigenvalue weighted by atomic mass is 16.5. The number of anilines is 1. The standard InChI is InChI=1S/C24H25N3O3/c1-16(22(17-7-3-2-4-8-17)29-18-11-13-28-14-12-18)27-24-23-21(25-15-26-24)19-9-5-6-10-20(19)30-23/h2-10,15-16,18,22H,11-14H2,1H3,(H,25,26,27). The van der Waals surface area contributed by atoms with Crippen LogP contribution >= 0.6 is 0 Å². The second-order valence-corrected chi connectivity index (χ2v) is 7.71. The minimum atomic E-state index is -0.122. The van der Waals surface area contributed by atoms with Gasteiger partial charge in [0.15, 0.2) is 11.4 Å². The summed E-state index contributed by atoms with van der Waals surface area (Å²) < 4.78 is 18.1. The maximum atomic E-state index is 6.57. The van der Waals surface area contributed by atoms with Gasteiger partial charge in [0.2, 0.25) is 0 Å². The van der Waals surface area contributed by atoms with Crippen molar-refractivity contribution in [3.63, 3.8) is 0 Å². The Bertz CT molecular complexity index is 1120. The molecular formula is C24H25N3O3. The number of nitrogens with one attached hydrogen (secondary N) is 1. The fourth-order valence-electron chi connectivity index (χ4n) is 4.06. The summed E-state index contributed by atoms with van der Waals surface area (Å²) in [6.07, 6.45) is 3.47. The molecule has 0 saturated carbocycles. The molecule has 2 aromatic carbocycles. The van der Waals surface area contributed by atoms with Crippen molar-refractivity contribution < 1.29 is 13.9 Å². The third kappa shape index (κ3) is 3.76. The Kier molecular flexibility index (Phi) is 5.34. The first-order valence-corrected chi connectivity index (χ1v) is 10.5. The van der Waals surface area contributed by atoms with Crippen molar-refractivity contribution in [1.82, 2.24) is 9.97 Å². The van der Waals surface area contributed by atoms with E-state index in [0.29, 0.717) is 11.4 Å². The molecular weight excluding hydrogens is 378 g/mol. The van der Waals surface area contributed by atoms with Gasteiger partial charge < -0.3 is 19.2 Å². The lowest BCUT2D eigenvalue weighted by atomic mass is 10.0. The molecule has 0 radical (unpaired) electrons. The molecule has 5 rings (SSSR count). The Morgan fingerprint density at radius 2 is 1.77 bits per heavy atom. The summed E-state index contributed by atoms with van der Waals surface area (Å²) in [5.74, 6) is 0.681. The van der Waals surface area contributed by atoms with Crippen molar-refractivity contribution in [3.05, 3.63) is 66.5 Å². The van der Waals surface area contributed by atoms with Crippen LogP contribution in [-0.4, -0.2) is 35.3 Å². The van der Waals surface area contributed by atoms with E-state index in [1.807, 2.05) is 42.5 Å². The lowest BCUT2D eigenvalue weighted by Gasteiger charge is -2.32. The van der Waals surface area contributed by atoms with Crippen LogP contribution in [0.15, 0.2) is 65.3 Å². The number of fused-ring (bicyclic) bond motifs is 3. The summed E-state index contributed by atoms with van der Waals surface area (Å²) in [5, 5.41) is 4.52. The summed E-state index contributed by atoms with van der Waals surface area (Å²) in [4.78, 5) is 8.92. The number of rotatable bonds is 6. The molecule has 0 bridgehead atoms. The molecule has 2 unspecified atom stereocenters. The summed E-state index contributed by atoms with van der Waals surface area (Å²) in [6.45, 7) is 3.62. The Morgan fingerprint density at radius 1 is 1.00 bits per heavy atom. The molecule has 2 atom stereocenters. The van der Waals surface area contributed by atoms with Gasteiger partial charge in [-0.25, -0.2) is 9.97 Å². The Morgan fingerprint density at radius 3 is 2.60 bits per heavy atom. The first-order chi connectivity index (χ1) is 14.8. The van der Waals surface area contributed by atoms with E-state index in [0.717, 1.165) is 48.1 Å². The van der Waals surface area contributed by atoms with Crippen molar-refractivity contribution in [2.75, 3.05) is 18.5 Å². The van der Waals surface area contributed by atoms with Gasteiger partial charge in [-0.3, -0.25) is 0 Å². The Labute approximate surface area is 175 Å². The van der Waals surface area contributed by atoms with Gasteiger partial charge in [0.05, 0.1) is 12.1 Å². The van der Waals surface area contributed by atoms with Gasteiger partial charge in [-0.05, 0) is 37.5 Å². The predicted octanol–water partition coefficient (Wildman–Crippen LogP) is 5.11. The molecule has 0 aliphatic carbocycles. The second kappa shape index (κ2) is 8.42. The molecule has 30 heavy (non-hydrogen) atoms. The number of hydrogen-bond donors (Lipinski definition) is 1. The molecule has 1 fully saturated rings. The van der Waals surface area contributed by atoms with Crippen LogP contribution in [0.1, 0.15) is 31.4 Å². The first-order valence-electron chi connectivity index (χ1n) is 10.5. The molecule has 2 aromatic heterocycles.